The minimum atomic E-state index is 0. The van der Waals surface area contributed by atoms with E-state index in [1.54, 1.807) is 23.3 Å². The predicted octanol–water partition coefficient (Wildman–Crippen LogP) is 3.39. The van der Waals surface area contributed by atoms with E-state index in [2.05, 4.69) is 117 Å². The fourth-order valence-corrected chi connectivity index (χ4v) is 3.79. The second kappa shape index (κ2) is 14.8. The summed E-state index contributed by atoms with van der Waals surface area (Å²) in [6.45, 7) is 22.4. The van der Waals surface area contributed by atoms with Crippen LogP contribution in [0.1, 0.15) is 72.9 Å². The summed E-state index contributed by atoms with van der Waals surface area (Å²) >= 11 is 1.74. The second-order valence-electron chi connectivity index (χ2n) is 9.91. The van der Waals surface area contributed by atoms with E-state index in [9.17, 15) is 0 Å². The van der Waals surface area contributed by atoms with Gasteiger partial charge in [0.05, 0.1) is 0 Å². The standard InChI is InChI=1S/2C14H17.C2H6Si.2ClH.Zr/c2*1-9(2)13-7-12-6-5-10(3)11(4)14(12)8-13;1-3-2;;;/h2*5-9H,1-4H3;1-2H3;2*1H;/q2*-1;;;;+2/p-2. The smallest absolute Gasteiger partial charge is 0.0397 e. The van der Waals surface area contributed by atoms with Crippen LogP contribution in [0.5, 0.6) is 0 Å². The zero-order valence-corrected chi connectivity index (χ0v) is 27.5. The minimum Gasteiger partial charge on any atom is -1.00 e. The van der Waals surface area contributed by atoms with Crippen molar-refractivity contribution >= 4 is 27.0 Å². The van der Waals surface area contributed by atoms with Crippen LogP contribution in [0.25, 0.3) is 21.5 Å². The van der Waals surface area contributed by atoms with Gasteiger partial charge in [-0.2, -0.15) is 12.1 Å². The second-order valence-corrected chi connectivity index (χ2v) is 19.3. The Morgan fingerprint density at radius 3 is 1.21 bits per heavy atom. The Hall–Kier alpha value is -0.660. The molecule has 0 heterocycles. The molecule has 0 atom stereocenters. The maximum Gasteiger partial charge on any atom is -0.0397 e. The minimum absolute atomic E-state index is 0. The van der Waals surface area contributed by atoms with Crippen molar-refractivity contribution in [1.82, 2.24) is 0 Å². The van der Waals surface area contributed by atoms with Crippen molar-refractivity contribution in [3.8, 4) is 0 Å². The number of hydrogen-bond donors (Lipinski definition) is 0. The Morgan fingerprint density at radius 2 is 0.941 bits per heavy atom. The van der Waals surface area contributed by atoms with Gasteiger partial charge in [-0.15, -0.1) is 69.1 Å². The summed E-state index contributed by atoms with van der Waals surface area (Å²) in [4.78, 5) is 0. The fraction of sp³-hybridized carbons (Fsp3) is 0.400. The molecule has 0 saturated heterocycles. The third-order valence-corrected chi connectivity index (χ3v) is 6.24. The first-order chi connectivity index (χ1) is 14.9. The summed E-state index contributed by atoms with van der Waals surface area (Å²) in [5.74, 6) is 1.25. The molecule has 0 radical (unpaired) electrons. The molecule has 0 aliphatic heterocycles. The average Bonchev–Trinajstić information content (AvgIpc) is 3.33. The first-order valence-corrected chi connectivity index (χ1v) is 18.0. The van der Waals surface area contributed by atoms with E-state index >= 15 is 0 Å². The summed E-state index contributed by atoms with van der Waals surface area (Å²) < 4.78 is 0. The molecule has 4 aromatic carbocycles. The van der Waals surface area contributed by atoms with Crippen molar-refractivity contribution in [2.24, 2.45) is 0 Å². The van der Waals surface area contributed by atoms with Gasteiger partial charge in [-0.05, 0) is 39.5 Å². The molecule has 0 saturated carbocycles. The molecule has 0 aliphatic carbocycles. The summed E-state index contributed by atoms with van der Waals surface area (Å²) in [7, 11) is 0. The van der Waals surface area contributed by atoms with Gasteiger partial charge in [0.25, 0.3) is 0 Å². The van der Waals surface area contributed by atoms with Gasteiger partial charge in [0, 0.05) is 0 Å². The van der Waals surface area contributed by atoms with Gasteiger partial charge in [0.2, 0.25) is 0 Å². The van der Waals surface area contributed by atoms with Crippen molar-refractivity contribution in [3.63, 3.8) is 0 Å². The molecule has 4 heteroatoms. The molecule has 184 valence electrons. The third-order valence-electron chi connectivity index (χ3n) is 6.24. The van der Waals surface area contributed by atoms with Gasteiger partial charge in [-0.3, -0.25) is 0 Å². The molecule has 0 unspecified atom stereocenters. The molecule has 4 rings (SSSR count). The molecule has 0 nitrogen and oxygen atoms in total. The van der Waals surface area contributed by atoms with Crippen LogP contribution in [-0.4, -0.2) is 5.43 Å². The maximum absolute atomic E-state index is 2.34. The number of benzene rings is 2. The number of fused-ring (bicyclic) bond motifs is 2. The molecule has 4 aromatic rings. The number of rotatable bonds is 2. The van der Waals surface area contributed by atoms with E-state index in [0.29, 0.717) is 11.8 Å². The Bertz CT molecular complexity index is 1120. The zero-order chi connectivity index (χ0) is 24.2. The Balaban J connectivity index is 0.000000528. The number of hydrogen-bond acceptors (Lipinski definition) is 0. The monoisotopic (exact) mass is 588 g/mol. The summed E-state index contributed by atoms with van der Waals surface area (Å²) in [6.07, 6.45) is 0. The van der Waals surface area contributed by atoms with E-state index in [1.165, 1.54) is 54.9 Å². The predicted molar refractivity (Wildman–Crippen MR) is 144 cm³/mol. The Labute approximate surface area is 235 Å². The van der Waals surface area contributed by atoms with Crippen molar-refractivity contribution < 1.29 is 48.1 Å². The molecule has 0 bridgehead atoms. The van der Waals surface area contributed by atoms with E-state index < -0.39 is 0 Å². The fourth-order valence-electron chi connectivity index (χ4n) is 3.79. The van der Waals surface area contributed by atoms with Crippen LogP contribution in [0.15, 0.2) is 48.5 Å². The Kier molecular flexibility index (Phi) is 14.5. The van der Waals surface area contributed by atoms with Crippen LogP contribution >= 0.6 is 0 Å². The van der Waals surface area contributed by atoms with Crippen molar-refractivity contribution in [1.29, 1.82) is 0 Å². The summed E-state index contributed by atoms with van der Waals surface area (Å²) in [5, 5.41) is 5.62. The Morgan fingerprint density at radius 1 is 0.647 bits per heavy atom. The van der Waals surface area contributed by atoms with Gasteiger partial charge >= 0.3 is 41.9 Å². The maximum atomic E-state index is 2.34. The van der Waals surface area contributed by atoms with Gasteiger partial charge in [-0.25, -0.2) is 0 Å². The van der Waals surface area contributed by atoms with Gasteiger partial charge in [0.15, 0.2) is 0 Å². The molecule has 0 N–H and O–H groups in total. The summed E-state index contributed by atoms with van der Waals surface area (Å²) in [6, 6.07) is 18.2. The largest absolute Gasteiger partial charge is 1.00 e. The first-order valence-electron chi connectivity index (χ1n) is 11.8. The molecular weight excluding hydrogens is 551 g/mol. The summed E-state index contributed by atoms with van der Waals surface area (Å²) in [5.41, 5.74) is 8.74. The molecule has 0 amide bonds. The van der Waals surface area contributed by atoms with Crippen molar-refractivity contribution in [2.45, 2.75) is 80.3 Å². The molecular formula is C30H40Cl2SiZr-2. The molecule has 0 aliphatic rings. The van der Waals surface area contributed by atoms with Crippen LogP contribution in [0, 0.1) is 27.7 Å². The average molecular weight is 591 g/mol. The van der Waals surface area contributed by atoms with Crippen LogP contribution in [-0.2, 0) is 23.3 Å². The van der Waals surface area contributed by atoms with E-state index in [1.807, 2.05) is 0 Å². The van der Waals surface area contributed by atoms with Crippen LogP contribution in [0.4, 0.5) is 0 Å². The van der Waals surface area contributed by atoms with Crippen LogP contribution < -0.4 is 24.8 Å². The molecule has 34 heavy (non-hydrogen) atoms. The number of aryl methyl sites for hydroxylation is 4. The van der Waals surface area contributed by atoms with Crippen LogP contribution in [0.2, 0.25) is 13.1 Å². The third kappa shape index (κ3) is 8.77. The SMILES string of the molecule is C[Si](C)=[Zr+2].Cc1ccc2[cH-]c(C(C)C)cc2c1C.Cc1ccc2[cH-]c(C(C)C)cc2c1C.[Cl-].[Cl-]. The van der Waals surface area contributed by atoms with Crippen molar-refractivity contribution in [3.05, 3.63) is 81.9 Å². The molecule has 0 spiro atoms. The quantitative estimate of drug-likeness (QED) is 0.248. The van der Waals surface area contributed by atoms with Crippen LogP contribution in [0.3, 0.4) is 0 Å². The van der Waals surface area contributed by atoms with E-state index in [-0.39, 0.29) is 30.2 Å². The van der Waals surface area contributed by atoms with E-state index in [0.717, 1.165) is 0 Å². The number of halogens is 2. The van der Waals surface area contributed by atoms with Crippen molar-refractivity contribution in [2.75, 3.05) is 0 Å². The molecule has 0 aromatic heterocycles. The normalized spacial score (nSPS) is 10.3. The zero-order valence-electron chi connectivity index (χ0n) is 22.5. The van der Waals surface area contributed by atoms with Gasteiger partial charge in [0.1, 0.15) is 0 Å². The van der Waals surface area contributed by atoms with Gasteiger partial charge in [-0.1, -0.05) is 49.9 Å². The molecule has 0 fully saturated rings. The topological polar surface area (TPSA) is 0 Å². The first kappa shape index (κ1) is 33.3. The van der Waals surface area contributed by atoms with Gasteiger partial charge < -0.3 is 24.8 Å². The van der Waals surface area contributed by atoms with E-state index in [4.69, 9.17) is 0 Å².